The van der Waals surface area contributed by atoms with E-state index in [9.17, 15) is 0 Å². The molecule has 3 heteroatoms. The third-order valence-corrected chi connectivity index (χ3v) is 1.54. The van der Waals surface area contributed by atoms with Gasteiger partial charge in [0.25, 0.3) is 0 Å². The molecule has 0 aromatic heterocycles. The van der Waals surface area contributed by atoms with E-state index in [0.29, 0.717) is 6.04 Å². The second-order valence-electron chi connectivity index (χ2n) is 2.26. The van der Waals surface area contributed by atoms with Gasteiger partial charge in [-0.2, -0.15) is 5.10 Å². The molecular formula is C8H17N3. The zero-order valence-electron chi connectivity index (χ0n) is 7.54. The first-order valence-corrected chi connectivity index (χ1v) is 3.84. The number of nitrogens with one attached hydrogen (secondary N) is 1. The lowest BCUT2D eigenvalue weighted by Gasteiger charge is -2.22. The molecule has 0 heterocycles. The molecule has 0 saturated carbocycles. The Morgan fingerprint density at radius 3 is 2.73 bits per heavy atom. The average molecular weight is 155 g/mol. The summed E-state index contributed by atoms with van der Waals surface area (Å²) < 4.78 is 0. The Labute approximate surface area is 68.8 Å². The van der Waals surface area contributed by atoms with Crippen molar-refractivity contribution < 1.29 is 0 Å². The minimum Gasteiger partial charge on any atom is -0.371 e. The van der Waals surface area contributed by atoms with Gasteiger partial charge in [-0.25, -0.2) is 0 Å². The topological polar surface area (TPSA) is 27.6 Å². The van der Waals surface area contributed by atoms with Gasteiger partial charge >= 0.3 is 0 Å². The van der Waals surface area contributed by atoms with Gasteiger partial charge in [-0.15, -0.1) is 0 Å². The van der Waals surface area contributed by atoms with E-state index in [1.165, 1.54) is 0 Å². The molecule has 0 aliphatic carbocycles. The Bertz CT molecular complexity index is 131. The smallest absolute Gasteiger partial charge is 0.0628 e. The van der Waals surface area contributed by atoms with Gasteiger partial charge in [-0.05, 0) is 20.0 Å². The van der Waals surface area contributed by atoms with Crippen molar-refractivity contribution in [3.8, 4) is 0 Å². The molecule has 0 amide bonds. The standard InChI is InChI=1S/C8H17N3/c1-5-11(6-2)8(3)7-10-9-4/h5,7-9H,1,6H2,2-4H3/b10-7+. The first-order valence-electron chi connectivity index (χ1n) is 3.84. The number of nitrogens with zero attached hydrogens (tertiary/aromatic N) is 2. The number of rotatable bonds is 5. The molecular weight excluding hydrogens is 138 g/mol. The van der Waals surface area contributed by atoms with Crippen LogP contribution in [0.25, 0.3) is 0 Å². The molecule has 0 saturated heterocycles. The van der Waals surface area contributed by atoms with Crippen LogP contribution in [0.15, 0.2) is 17.9 Å². The Balaban J connectivity index is 3.87. The van der Waals surface area contributed by atoms with E-state index < -0.39 is 0 Å². The molecule has 64 valence electrons. The summed E-state index contributed by atoms with van der Waals surface area (Å²) in [6, 6.07) is 0.310. The molecule has 0 aromatic carbocycles. The van der Waals surface area contributed by atoms with Crippen LogP contribution in [0.3, 0.4) is 0 Å². The Hall–Kier alpha value is -0.990. The summed E-state index contributed by atoms with van der Waals surface area (Å²) in [5.41, 5.74) is 2.71. The summed E-state index contributed by atoms with van der Waals surface area (Å²) in [4.78, 5) is 2.10. The van der Waals surface area contributed by atoms with Gasteiger partial charge in [0.1, 0.15) is 0 Å². The quantitative estimate of drug-likeness (QED) is 0.474. The lowest BCUT2D eigenvalue weighted by atomic mass is 10.3. The van der Waals surface area contributed by atoms with Crippen molar-refractivity contribution in [2.24, 2.45) is 5.10 Å². The predicted molar refractivity (Wildman–Crippen MR) is 49.6 cm³/mol. The number of hydrogen-bond acceptors (Lipinski definition) is 3. The summed E-state index contributed by atoms with van der Waals surface area (Å²) in [5, 5.41) is 3.92. The van der Waals surface area contributed by atoms with Crippen LogP contribution in [-0.2, 0) is 0 Å². The van der Waals surface area contributed by atoms with Gasteiger partial charge in [0, 0.05) is 19.8 Å². The van der Waals surface area contributed by atoms with Crippen LogP contribution in [0.4, 0.5) is 0 Å². The highest BCUT2D eigenvalue weighted by molar-refractivity contribution is 5.63. The molecule has 0 fully saturated rings. The fourth-order valence-corrected chi connectivity index (χ4v) is 0.851. The maximum Gasteiger partial charge on any atom is 0.0628 e. The largest absolute Gasteiger partial charge is 0.371 e. The second-order valence-corrected chi connectivity index (χ2v) is 2.26. The van der Waals surface area contributed by atoms with Gasteiger partial charge in [-0.3, -0.25) is 0 Å². The Morgan fingerprint density at radius 1 is 1.73 bits per heavy atom. The van der Waals surface area contributed by atoms with Gasteiger partial charge in [-0.1, -0.05) is 6.58 Å². The Kier molecular flexibility index (Phi) is 5.25. The highest BCUT2D eigenvalue weighted by Crippen LogP contribution is 1.94. The van der Waals surface area contributed by atoms with Crippen molar-refractivity contribution in [1.82, 2.24) is 10.3 Å². The van der Waals surface area contributed by atoms with Crippen molar-refractivity contribution in [3.63, 3.8) is 0 Å². The molecule has 0 aliphatic rings. The molecule has 0 radical (unpaired) electrons. The molecule has 3 nitrogen and oxygen atoms in total. The summed E-state index contributed by atoms with van der Waals surface area (Å²) in [6.45, 7) is 8.83. The van der Waals surface area contributed by atoms with E-state index in [2.05, 4.69) is 35.9 Å². The maximum atomic E-state index is 3.92. The molecule has 0 spiro atoms. The summed E-state index contributed by atoms with van der Waals surface area (Å²) in [7, 11) is 1.79. The number of hydrazone groups is 1. The van der Waals surface area contributed by atoms with Gasteiger partial charge in [0.15, 0.2) is 0 Å². The zero-order chi connectivity index (χ0) is 8.69. The average Bonchev–Trinajstić information content (AvgIpc) is 2.03. The first kappa shape index (κ1) is 10.0. The highest BCUT2D eigenvalue weighted by Gasteiger charge is 2.02. The van der Waals surface area contributed by atoms with Gasteiger partial charge in [0.2, 0.25) is 0 Å². The van der Waals surface area contributed by atoms with Gasteiger partial charge in [0.05, 0.1) is 6.04 Å². The summed E-state index contributed by atoms with van der Waals surface area (Å²) >= 11 is 0. The SMILES string of the molecule is C=CN(CC)C(C)/C=N/NC. The van der Waals surface area contributed by atoms with E-state index in [0.717, 1.165) is 6.54 Å². The van der Waals surface area contributed by atoms with Crippen molar-refractivity contribution in [2.45, 2.75) is 19.9 Å². The lowest BCUT2D eigenvalue weighted by Crippen LogP contribution is -2.29. The van der Waals surface area contributed by atoms with Crippen molar-refractivity contribution in [3.05, 3.63) is 12.8 Å². The molecule has 0 aliphatic heterocycles. The molecule has 1 unspecified atom stereocenters. The van der Waals surface area contributed by atoms with Crippen LogP contribution in [0.1, 0.15) is 13.8 Å². The van der Waals surface area contributed by atoms with Crippen molar-refractivity contribution >= 4 is 6.21 Å². The molecule has 0 aromatic rings. The van der Waals surface area contributed by atoms with E-state index in [-0.39, 0.29) is 0 Å². The second kappa shape index (κ2) is 5.77. The first-order chi connectivity index (χ1) is 5.26. The minimum atomic E-state index is 0.310. The number of hydrogen-bond donors (Lipinski definition) is 1. The third kappa shape index (κ3) is 3.65. The lowest BCUT2D eigenvalue weighted by molar-refractivity contribution is 0.375. The molecule has 1 atom stereocenters. The molecule has 1 N–H and O–H groups in total. The third-order valence-electron chi connectivity index (χ3n) is 1.54. The Morgan fingerprint density at radius 2 is 2.36 bits per heavy atom. The summed E-state index contributed by atoms with van der Waals surface area (Å²) in [6.07, 6.45) is 3.68. The van der Waals surface area contributed by atoms with Crippen LogP contribution in [0.2, 0.25) is 0 Å². The molecule has 11 heavy (non-hydrogen) atoms. The van der Waals surface area contributed by atoms with Crippen LogP contribution in [-0.4, -0.2) is 30.7 Å². The van der Waals surface area contributed by atoms with E-state index >= 15 is 0 Å². The monoisotopic (exact) mass is 155 g/mol. The highest BCUT2D eigenvalue weighted by atomic mass is 15.3. The van der Waals surface area contributed by atoms with E-state index in [1.54, 1.807) is 7.05 Å². The molecule has 0 rings (SSSR count). The van der Waals surface area contributed by atoms with Crippen LogP contribution in [0.5, 0.6) is 0 Å². The maximum absolute atomic E-state index is 3.92. The fraction of sp³-hybridized carbons (Fsp3) is 0.625. The van der Waals surface area contributed by atoms with Crippen molar-refractivity contribution in [1.29, 1.82) is 0 Å². The minimum absolute atomic E-state index is 0.310. The van der Waals surface area contributed by atoms with Crippen LogP contribution < -0.4 is 5.43 Å². The van der Waals surface area contributed by atoms with Crippen LogP contribution >= 0.6 is 0 Å². The normalized spacial score (nSPS) is 13.0. The van der Waals surface area contributed by atoms with E-state index in [4.69, 9.17) is 0 Å². The summed E-state index contributed by atoms with van der Waals surface area (Å²) in [5.74, 6) is 0. The predicted octanol–water partition coefficient (Wildman–Crippen LogP) is 1.05. The van der Waals surface area contributed by atoms with E-state index in [1.807, 2.05) is 12.4 Å². The molecule has 0 bridgehead atoms. The van der Waals surface area contributed by atoms with Crippen LogP contribution in [0, 0.1) is 0 Å². The van der Waals surface area contributed by atoms with Gasteiger partial charge < -0.3 is 10.3 Å². The fourth-order valence-electron chi connectivity index (χ4n) is 0.851. The zero-order valence-corrected chi connectivity index (χ0v) is 7.54. The van der Waals surface area contributed by atoms with Crippen molar-refractivity contribution in [2.75, 3.05) is 13.6 Å².